The van der Waals surface area contributed by atoms with Crippen LogP contribution in [0, 0.1) is 6.92 Å². The number of aryl methyl sites for hydroxylation is 1. The van der Waals surface area contributed by atoms with Gasteiger partial charge in [0.25, 0.3) is 0 Å². The number of phenols is 1. The van der Waals surface area contributed by atoms with Crippen LogP contribution in [0.15, 0.2) is 34.1 Å². The van der Waals surface area contributed by atoms with E-state index in [1.54, 1.807) is 17.4 Å². The first kappa shape index (κ1) is 12.5. The molecule has 1 unspecified atom stereocenters. The molecule has 0 fully saturated rings. The Morgan fingerprint density at radius 1 is 1.29 bits per heavy atom. The van der Waals surface area contributed by atoms with Gasteiger partial charge in [-0.3, -0.25) is 0 Å². The summed E-state index contributed by atoms with van der Waals surface area (Å²) in [6.07, 6.45) is 0. The van der Waals surface area contributed by atoms with Crippen LogP contribution >= 0.6 is 27.3 Å². The standard InChI is InChI=1S/C13H14BrNOS/c1-8-3-4-10(7-11(8)16)15-9(2)12-5-6-13(14)17-12/h3-7,9,15-16H,1-2H3. The van der Waals surface area contributed by atoms with Crippen molar-refractivity contribution in [2.75, 3.05) is 5.32 Å². The predicted octanol–water partition coefficient (Wildman–Crippen LogP) is 4.70. The van der Waals surface area contributed by atoms with Crippen LogP contribution in [0.1, 0.15) is 23.4 Å². The fourth-order valence-corrected chi connectivity index (χ4v) is 3.01. The minimum Gasteiger partial charge on any atom is -0.508 e. The molecule has 0 aliphatic carbocycles. The number of hydrogen-bond donors (Lipinski definition) is 2. The summed E-state index contributed by atoms with van der Waals surface area (Å²) in [5.41, 5.74) is 1.83. The summed E-state index contributed by atoms with van der Waals surface area (Å²) < 4.78 is 1.13. The number of anilines is 1. The summed E-state index contributed by atoms with van der Waals surface area (Å²) in [5, 5.41) is 13.0. The molecule has 2 N–H and O–H groups in total. The van der Waals surface area contributed by atoms with Gasteiger partial charge >= 0.3 is 0 Å². The van der Waals surface area contributed by atoms with Gasteiger partial charge in [0.05, 0.1) is 9.83 Å². The molecule has 1 aromatic heterocycles. The molecular weight excluding hydrogens is 298 g/mol. The van der Waals surface area contributed by atoms with Gasteiger partial charge in [-0.1, -0.05) is 6.07 Å². The van der Waals surface area contributed by atoms with E-state index in [2.05, 4.69) is 34.2 Å². The summed E-state index contributed by atoms with van der Waals surface area (Å²) >= 11 is 5.17. The molecule has 0 amide bonds. The molecule has 17 heavy (non-hydrogen) atoms. The first-order valence-corrected chi connectivity index (χ1v) is 6.98. The van der Waals surface area contributed by atoms with Gasteiger partial charge in [0.2, 0.25) is 0 Å². The zero-order chi connectivity index (χ0) is 12.4. The van der Waals surface area contributed by atoms with Crippen LogP contribution in [-0.4, -0.2) is 5.11 Å². The van der Waals surface area contributed by atoms with Gasteiger partial charge < -0.3 is 10.4 Å². The Morgan fingerprint density at radius 3 is 2.65 bits per heavy atom. The fraction of sp³-hybridized carbons (Fsp3) is 0.231. The summed E-state index contributed by atoms with van der Waals surface area (Å²) in [4.78, 5) is 1.26. The first-order valence-electron chi connectivity index (χ1n) is 5.37. The molecule has 0 aliphatic heterocycles. The molecule has 0 bridgehead atoms. The molecule has 4 heteroatoms. The lowest BCUT2D eigenvalue weighted by atomic mass is 10.2. The normalized spacial score (nSPS) is 12.4. The van der Waals surface area contributed by atoms with Gasteiger partial charge in [0.1, 0.15) is 5.75 Å². The smallest absolute Gasteiger partial charge is 0.120 e. The van der Waals surface area contributed by atoms with Crippen LogP contribution in [0.2, 0.25) is 0 Å². The van der Waals surface area contributed by atoms with Crippen LogP contribution in [0.25, 0.3) is 0 Å². The first-order chi connectivity index (χ1) is 8.06. The SMILES string of the molecule is Cc1ccc(NC(C)c2ccc(Br)s2)cc1O. The predicted molar refractivity (Wildman–Crippen MR) is 76.9 cm³/mol. The Morgan fingerprint density at radius 2 is 2.06 bits per heavy atom. The third kappa shape index (κ3) is 3.01. The van der Waals surface area contributed by atoms with E-state index in [1.165, 1.54) is 4.88 Å². The Balaban J connectivity index is 2.12. The molecule has 0 spiro atoms. The number of nitrogens with one attached hydrogen (secondary N) is 1. The average Bonchev–Trinajstić information content (AvgIpc) is 2.70. The van der Waals surface area contributed by atoms with Crippen LogP contribution in [0.4, 0.5) is 5.69 Å². The van der Waals surface area contributed by atoms with E-state index in [4.69, 9.17) is 0 Å². The lowest BCUT2D eigenvalue weighted by Gasteiger charge is -2.14. The molecule has 90 valence electrons. The second kappa shape index (κ2) is 5.10. The summed E-state index contributed by atoms with van der Waals surface area (Å²) in [6.45, 7) is 3.99. The minimum absolute atomic E-state index is 0.230. The van der Waals surface area contributed by atoms with E-state index < -0.39 is 0 Å². The maximum absolute atomic E-state index is 9.64. The number of benzene rings is 1. The lowest BCUT2D eigenvalue weighted by Crippen LogP contribution is -2.04. The van der Waals surface area contributed by atoms with Crippen LogP contribution in [-0.2, 0) is 0 Å². The van der Waals surface area contributed by atoms with Gasteiger partial charge in [0.15, 0.2) is 0 Å². The van der Waals surface area contributed by atoms with E-state index in [0.29, 0.717) is 5.75 Å². The maximum Gasteiger partial charge on any atom is 0.120 e. The van der Waals surface area contributed by atoms with Crippen molar-refractivity contribution in [3.63, 3.8) is 0 Å². The second-order valence-corrected chi connectivity index (χ2v) is 6.50. The minimum atomic E-state index is 0.230. The fourth-order valence-electron chi connectivity index (χ4n) is 1.58. The quantitative estimate of drug-likeness (QED) is 0.861. The summed E-state index contributed by atoms with van der Waals surface area (Å²) in [6, 6.07) is 10.0. The number of rotatable bonds is 3. The molecule has 2 nitrogen and oxygen atoms in total. The highest BCUT2D eigenvalue weighted by Gasteiger charge is 2.08. The van der Waals surface area contributed by atoms with Crippen molar-refractivity contribution in [1.29, 1.82) is 0 Å². The van der Waals surface area contributed by atoms with Crippen LogP contribution < -0.4 is 5.32 Å². The molecule has 2 rings (SSSR count). The van der Waals surface area contributed by atoms with Gasteiger partial charge in [-0.25, -0.2) is 0 Å². The zero-order valence-electron chi connectivity index (χ0n) is 9.70. The zero-order valence-corrected chi connectivity index (χ0v) is 12.1. The van der Waals surface area contributed by atoms with E-state index in [1.807, 2.05) is 25.1 Å². The Hall–Kier alpha value is -1.000. The lowest BCUT2D eigenvalue weighted by molar-refractivity contribution is 0.471. The van der Waals surface area contributed by atoms with Crippen molar-refractivity contribution in [3.05, 3.63) is 44.6 Å². The molecule has 1 aromatic carbocycles. The highest BCUT2D eigenvalue weighted by molar-refractivity contribution is 9.11. The van der Waals surface area contributed by atoms with E-state index in [-0.39, 0.29) is 6.04 Å². The summed E-state index contributed by atoms with van der Waals surface area (Å²) in [7, 11) is 0. The molecule has 0 radical (unpaired) electrons. The number of aromatic hydroxyl groups is 1. The van der Waals surface area contributed by atoms with Gasteiger partial charge in [-0.15, -0.1) is 11.3 Å². The van der Waals surface area contributed by atoms with Crippen molar-refractivity contribution in [3.8, 4) is 5.75 Å². The van der Waals surface area contributed by atoms with Crippen molar-refractivity contribution >= 4 is 33.0 Å². The molecule has 0 aliphatic rings. The average molecular weight is 312 g/mol. The van der Waals surface area contributed by atoms with Crippen LogP contribution in [0.3, 0.4) is 0 Å². The number of halogens is 1. The Labute approximate surface area is 113 Å². The molecule has 2 aromatic rings. The van der Waals surface area contributed by atoms with Gasteiger partial charge in [-0.05, 0) is 53.5 Å². The van der Waals surface area contributed by atoms with Crippen LogP contribution in [0.5, 0.6) is 5.75 Å². The molecule has 1 heterocycles. The Kier molecular flexibility index (Phi) is 3.74. The number of phenolic OH excluding ortho intramolecular Hbond substituents is 1. The topological polar surface area (TPSA) is 32.3 Å². The molecular formula is C13H14BrNOS. The third-order valence-corrected chi connectivity index (χ3v) is 4.42. The van der Waals surface area contributed by atoms with Crippen molar-refractivity contribution in [1.82, 2.24) is 0 Å². The second-order valence-electron chi connectivity index (χ2n) is 4.01. The highest BCUT2D eigenvalue weighted by Crippen LogP contribution is 2.30. The number of thiophene rings is 1. The molecule has 0 saturated carbocycles. The van der Waals surface area contributed by atoms with Gasteiger partial charge in [0, 0.05) is 16.6 Å². The maximum atomic E-state index is 9.64. The van der Waals surface area contributed by atoms with Crippen molar-refractivity contribution < 1.29 is 5.11 Å². The summed E-state index contributed by atoms with van der Waals surface area (Å²) in [5.74, 6) is 0.328. The molecule has 0 saturated heterocycles. The van der Waals surface area contributed by atoms with E-state index in [0.717, 1.165) is 15.0 Å². The number of hydrogen-bond acceptors (Lipinski definition) is 3. The van der Waals surface area contributed by atoms with E-state index in [9.17, 15) is 5.11 Å². The Bertz CT molecular complexity index is 524. The highest BCUT2D eigenvalue weighted by atomic mass is 79.9. The van der Waals surface area contributed by atoms with Crippen molar-refractivity contribution in [2.24, 2.45) is 0 Å². The molecule has 1 atom stereocenters. The van der Waals surface area contributed by atoms with Crippen molar-refractivity contribution in [2.45, 2.75) is 19.9 Å². The van der Waals surface area contributed by atoms with E-state index >= 15 is 0 Å². The monoisotopic (exact) mass is 311 g/mol. The van der Waals surface area contributed by atoms with Gasteiger partial charge in [-0.2, -0.15) is 0 Å². The third-order valence-electron chi connectivity index (χ3n) is 2.61. The largest absolute Gasteiger partial charge is 0.508 e.